The molecule has 0 fully saturated rings. The Hall–Kier alpha value is -2.76. The highest BCUT2D eigenvalue weighted by molar-refractivity contribution is 6.03. The first-order valence-corrected chi connectivity index (χ1v) is 10.6. The maximum absolute atomic E-state index is 13.0. The minimum Gasteiger partial charge on any atom is -0.497 e. The van der Waals surface area contributed by atoms with Crippen LogP contribution in [0.3, 0.4) is 0 Å². The molecule has 0 saturated heterocycles. The number of hydrogen-bond acceptors (Lipinski definition) is 5. The van der Waals surface area contributed by atoms with E-state index in [0.29, 0.717) is 42.2 Å². The third kappa shape index (κ3) is 4.23. The molecule has 0 amide bonds. The molecule has 1 aliphatic rings. The molecule has 0 spiro atoms. The van der Waals surface area contributed by atoms with Crippen molar-refractivity contribution < 1.29 is 23.8 Å². The van der Waals surface area contributed by atoms with Crippen molar-refractivity contribution in [3.63, 3.8) is 0 Å². The normalized spacial score (nSPS) is 15.8. The first-order chi connectivity index (χ1) is 14.4. The fourth-order valence-electron chi connectivity index (χ4n) is 4.21. The maximum Gasteiger partial charge on any atom is 0.355 e. The Morgan fingerprint density at radius 1 is 1.17 bits per heavy atom. The molecule has 1 aromatic carbocycles. The van der Waals surface area contributed by atoms with E-state index in [-0.39, 0.29) is 11.7 Å². The number of Topliss-reactive ketones (excluding diaryl/α,β-unsaturated/α-hetero) is 1. The van der Waals surface area contributed by atoms with Crippen LogP contribution in [-0.2, 0) is 11.2 Å². The summed E-state index contributed by atoms with van der Waals surface area (Å²) in [6, 6.07) is 5.61. The number of fused-ring (bicyclic) bond motifs is 1. The molecule has 0 aliphatic heterocycles. The zero-order valence-corrected chi connectivity index (χ0v) is 18.5. The highest BCUT2D eigenvalue weighted by atomic mass is 16.5. The summed E-state index contributed by atoms with van der Waals surface area (Å²) in [7, 11) is 3.23. The molecule has 1 aromatic heterocycles. The second-order valence-electron chi connectivity index (χ2n) is 7.90. The largest absolute Gasteiger partial charge is 0.497 e. The fourth-order valence-corrected chi connectivity index (χ4v) is 4.21. The van der Waals surface area contributed by atoms with Gasteiger partial charge in [-0.1, -0.05) is 26.7 Å². The number of H-pyrrole nitrogens is 1. The topological polar surface area (TPSA) is 77.6 Å². The summed E-state index contributed by atoms with van der Waals surface area (Å²) >= 11 is 0. The summed E-state index contributed by atoms with van der Waals surface area (Å²) in [5.41, 5.74) is 3.41. The van der Waals surface area contributed by atoms with Gasteiger partial charge in [-0.05, 0) is 43.0 Å². The van der Waals surface area contributed by atoms with Gasteiger partial charge in [-0.25, -0.2) is 4.79 Å². The number of benzene rings is 1. The second-order valence-corrected chi connectivity index (χ2v) is 7.90. The highest BCUT2D eigenvalue weighted by Gasteiger charge is 2.33. The number of carbonyl (C=O) groups excluding carboxylic acids is 2. The van der Waals surface area contributed by atoms with Crippen LogP contribution in [0, 0.1) is 12.8 Å². The van der Waals surface area contributed by atoms with Crippen LogP contribution in [0.1, 0.15) is 76.7 Å². The van der Waals surface area contributed by atoms with E-state index in [1.165, 1.54) is 0 Å². The Balaban J connectivity index is 1.87. The van der Waals surface area contributed by atoms with Crippen LogP contribution in [0.2, 0.25) is 0 Å². The van der Waals surface area contributed by atoms with Crippen molar-refractivity contribution in [3.05, 3.63) is 46.3 Å². The summed E-state index contributed by atoms with van der Waals surface area (Å²) in [6.07, 6.45) is 2.90. The van der Waals surface area contributed by atoms with Gasteiger partial charge in [0.2, 0.25) is 0 Å². The average Bonchev–Trinajstić information content (AvgIpc) is 3.10. The lowest BCUT2D eigenvalue weighted by molar-refractivity contribution is 0.0426. The van der Waals surface area contributed by atoms with Crippen LogP contribution in [0.4, 0.5) is 0 Å². The molecule has 1 atom stereocenters. The van der Waals surface area contributed by atoms with E-state index in [2.05, 4.69) is 18.8 Å². The highest BCUT2D eigenvalue weighted by Crippen LogP contribution is 2.40. The van der Waals surface area contributed by atoms with Crippen LogP contribution in [0.15, 0.2) is 18.2 Å². The van der Waals surface area contributed by atoms with Crippen LogP contribution in [0.25, 0.3) is 0 Å². The summed E-state index contributed by atoms with van der Waals surface area (Å²) in [4.78, 5) is 28.8. The molecule has 0 unspecified atom stereocenters. The Bertz CT molecular complexity index is 926. The van der Waals surface area contributed by atoms with Gasteiger partial charge in [0.25, 0.3) is 0 Å². The first kappa shape index (κ1) is 21.9. The SMILES string of the molecule is CCC(CC)COC(=O)c1[nH]c2c(c1C)C(=O)C[C@H](c1cc(OC)ccc1OC)C2. The van der Waals surface area contributed by atoms with E-state index >= 15 is 0 Å². The number of carbonyl (C=O) groups is 2. The molecule has 0 radical (unpaired) electrons. The molecule has 1 aliphatic carbocycles. The molecular weight excluding hydrogens is 382 g/mol. The van der Waals surface area contributed by atoms with E-state index in [1.54, 1.807) is 14.2 Å². The van der Waals surface area contributed by atoms with Crippen LogP contribution in [0.5, 0.6) is 11.5 Å². The number of esters is 1. The van der Waals surface area contributed by atoms with Crippen LogP contribution < -0.4 is 9.47 Å². The number of aromatic amines is 1. The minimum absolute atomic E-state index is 0.0268. The first-order valence-electron chi connectivity index (χ1n) is 10.6. The van der Waals surface area contributed by atoms with Gasteiger partial charge in [0.1, 0.15) is 17.2 Å². The molecule has 1 heterocycles. The number of rotatable bonds is 8. The average molecular weight is 414 g/mol. The monoisotopic (exact) mass is 413 g/mol. The Morgan fingerprint density at radius 2 is 1.90 bits per heavy atom. The summed E-state index contributed by atoms with van der Waals surface area (Å²) in [5, 5.41) is 0. The van der Waals surface area contributed by atoms with E-state index in [1.807, 2.05) is 25.1 Å². The number of aromatic nitrogens is 1. The van der Waals surface area contributed by atoms with Gasteiger partial charge < -0.3 is 19.2 Å². The third-order valence-electron chi connectivity index (χ3n) is 6.17. The van der Waals surface area contributed by atoms with Gasteiger partial charge in [0, 0.05) is 29.2 Å². The van der Waals surface area contributed by atoms with Crippen molar-refractivity contribution in [2.45, 2.75) is 52.4 Å². The number of nitrogens with one attached hydrogen (secondary N) is 1. The van der Waals surface area contributed by atoms with Crippen molar-refractivity contribution in [2.24, 2.45) is 5.92 Å². The molecular formula is C24H31NO5. The lowest BCUT2D eigenvalue weighted by Crippen LogP contribution is -2.19. The van der Waals surface area contributed by atoms with Gasteiger partial charge in [0.05, 0.1) is 20.8 Å². The maximum atomic E-state index is 13.0. The number of ether oxygens (including phenoxy) is 3. The fraction of sp³-hybridized carbons (Fsp3) is 0.500. The van der Waals surface area contributed by atoms with Crippen molar-refractivity contribution in [1.29, 1.82) is 0 Å². The third-order valence-corrected chi connectivity index (χ3v) is 6.17. The molecule has 1 N–H and O–H groups in total. The molecule has 6 nitrogen and oxygen atoms in total. The molecule has 3 rings (SSSR count). The Labute approximate surface area is 177 Å². The van der Waals surface area contributed by atoms with Gasteiger partial charge in [0.15, 0.2) is 5.78 Å². The summed E-state index contributed by atoms with van der Waals surface area (Å²) in [6.45, 7) is 6.39. The zero-order valence-electron chi connectivity index (χ0n) is 18.5. The van der Waals surface area contributed by atoms with Gasteiger partial charge in [-0.3, -0.25) is 4.79 Å². The molecule has 2 aromatic rings. The van der Waals surface area contributed by atoms with E-state index < -0.39 is 5.97 Å². The minimum atomic E-state index is -0.392. The standard InChI is InChI=1S/C24H31NO5/c1-6-15(7-2)13-30-24(27)23-14(3)22-19(25-23)10-16(11-20(22)26)18-12-17(28-4)8-9-21(18)29-5/h8-9,12,15-16,25H,6-7,10-11,13H2,1-5H3/t16-/m1/s1. The quantitative estimate of drug-likeness (QED) is 0.626. The number of methoxy groups -OCH3 is 2. The second kappa shape index (κ2) is 9.37. The van der Waals surface area contributed by atoms with E-state index in [4.69, 9.17) is 14.2 Å². The Morgan fingerprint density at radius 3 is 2.53 bits per heavy atom. The summed E-state index contributed by atoms with van der Waals surface area (Å²) < 4.78 is 16.4. The molecule has 162 valence electrons. The molecule has 6 heteroatoms. The van der Waals surface area contributed by atoms with Crippen molar-refractivity contribution >= 4 is 11.8 Å². The lowest BCUT2D eigenvalue weighted by atomic mass is 9.81. The summed E-state index contributed by atoms with van der Waals surface area (Å²) in [5.74, 6) is 1.38. The van der Waals surface area contributed by atoms with Crippen LogP contribution in [-0.4, -0.2) is 37.6 Å². The molecule has 0 bridgehead atoms. The van der Waals surface area contributed by atoms with Crippen LogP contribution >= 0.6 is 0 Å². The Kier molecular flexibility index (Phi) is 6.85. The lowest BCUT2D eigenvalue weighted by Gasteiger charge is -2.24. The predicted octanol–water partition coefficient (Wildman–Crippen LogP) is 4.85. The van der Waals surface area contributed by atoms with Gasteiger partial charge in [-0.2, -0.15) is 0 Å². The van der Waals surface area contributed by atoms with E-state index in [0.717, 1.165) is 35.6 Å². The van der Waals surface area contributed by atoms with Crippen molar-refractivity contribution in [3.8, 4) is 11.5 Å². The van der Waals surface area contributed by atoms with Gasteiger partial charge in [-0.15, -0.1) is 0 Å². The van der Waals surface area contributed by atoms with Crippen molar-refractivity contribution in [1.82, 2.24) is 4.98 Å². The van der Waals surface area contributed by atoms with E-state index in [9.17, 15) is 9.59 Å². The van der Waals surface area contributed by atoms with Crippen molar-refractivity contribution in [2.75, 3.05) is 20.8 Å². The predicted molar refractivity (Wildman–Crippen MR) is 115 cm³/mol. The molecule has 30 heavy (non-hydrogen) atoms. The zero-order chi connectivity index (χ0) is 21.8. The molecule has 0 saturated carbocycles. The van der Waals surface area contributed by atoms with Gasteiger partial charge >= 0.3 is 5.97 Å². The number of hydrogen-bond donors (Lipinski definition) is 1. The smallest absolute Gasteiger partial charge is 0.355 e. The number of ketones is 1.